The van der Waals surface area contributed by atoms with Gasteiger partial charge in [0.15, 0.2) is 11.5 Å². The quantitative estimate of drug-likeness (QED) is 0.873. The molecule has 0 saturated heterocycles. The second-order valence-corrected chi connectivity index (χ2v) is 6.59. The lowest BCUT2D eigenvalue weighted by Gasteiger charge is -2.21. The number of halogens is 1. The largest absolute Gasteiger partial charge is 0.486 e. The highest BCUT2D eigenvalue weighted by atomic mass is 32.2. The first-order valence-electron chi connectivity index (χ1n) is 6.82. The minimum atomic E-state index is -4.09. The molecule has 9 heteroatoms. The maximum atomic E-state index is 12.9. The number of carboxylic acids is 1. The molecule has 2 aromatic carbocycles. The molecule has 0 fully saturated rings. The van der Waals surface area contributed by atoms with Gasteiger partial charge >= 0.3 is 5.97 Å². The number of rotatable bonds is 4. The fourth-order valence-electron chi connectivity index (χ4n) is 2.17. The molecule has 0 unspecified atom stereocenters. The molecule has 3 rings (SSSR count). The van der Waals surface area contributed by atoms with Crippen LogP contribution in [0.3, 0.4) is 0 Å². The summed E-state index contributed by atoms with van der Waals surface area (Å²) in [7, 11) is -4.09. The molecule has 24 heavy (non-hydrogen) atoms. The summed E-state index contributed by atoms with van der Waals surface area (Å²) in [6, 6.07) is 6.88. The molecule has 2 N–H and O–H groups in total. The Labute approximate surface area is 136 Å². The minimum Gasteiger partial charge on any atom is -0.486 e. The zero-order valence-corrected chi connectivity index (χ0v) is 13.0. The Morgan fingerprint density at radius 2 is 1.79 bits per heavy atom. The highest BCUT2D eigenvalue weighted by Gasteiger charge is 2.26. The van der Waals surface area contributed by atoms with Crippen molar-refractivity contribution in [2.45, 2.75) is 4.90 Å². The van der Waals surface area contributed by atoms with E-state index in [-0.39, 0.29) is 40.9 Å². The van der Waals surface area contributed by atoms with Crippen LogP contribution in [0.15, 0.2) is 41.3 Å². The van der Waals surface area contributed by atoms with E-state index in [4.69, 9.17) is 9.47 Å². The number of sulfonamides is 1. The Hall–Kier alpha value is -2.81. The van der Waals surface area contributed by atoms with E-state index < -0.39 is 21.8 Å². The van der Waals surface area contributed by atoms with Crippen molar-refractivity contribution in [3.63, 3.8) is 0 Å². The summed E-state index contributed by atoms with van der Waals surface area (Å²) in [5.41, 5.74) is -0.171. The van der Waals surface area contributed by atoms with Crippen LogP contribution in [0.4, 0.5) is 10.1 Å². The number of carboxylic acid groups (broad SMARTS) is 1. The molecule has 1 aliphatic rings. The first kappa shape index (κ1) is 16.1. The summed E-state index contributed by atoms with van der Waals surface area (Å²) in [6.07, 6.45) is 0. The Morgan fingerprint density at radius 1 is 1.12 bits per heavy atom. The molecule has 2 aromatic rings. The lowest BCUT2D eigenvalue weighted by Crippen LogP contribution is -2.20. The number of fused-ring (bicyclic) bond motifs is 1. The molecule has 0 saturated carbocycles. The fourth-order valence-corrected chi connectivity index (χ4v) is 3.27. The maximum absolute atomic E-state index is 12.9. The Morgan fingerprint density at radius 3 is 2.46 bits per heavy atom. The molecule has 7 nitrogen and oxygen atoms in total. The zero-order chi connectivity index (χ0) is 17.3. The van der Waals surface area contributed by atoms with Crippen LogP contribution in [-0.4, -0.2) is 32.7 Å². The molecule has 126 valence electrons. The van der Waals surface area contributed by atoms with Crippen molar-refractivity contribution in [1.29, 1.82) is 0 Å². The van der Waals surface area contributed by atoms with E-state index >= 15 is 0 Å². The van der Waals surface area contributed by atoms with Crippen molar-refractivity contribution in [3.8, 4) is 11.5 Å². The summed E-state index contributed by atoms with van der Waals surface area (Å²) < 4.78 is 50.6. The average molecular weight is 353 g/mol. The molecule has 1 aliphatic heterocycles. The third kappa shape index (κ3) is 3.11. The minimum absolute atomic E-state index is 0.00511. The molecule has 0 amide bonds. The number of aromatic carboxylic acids is 1. The number of carbonyl (C=O) groups is 1. The SMILES string of the molecule is O=C(O)c1cc(S(=O)(=O)Nc2ccc(F)cc2)cc2c1OCCO2. The topological polar surface area (TPSA) is 102 Å². The van der Waals surface area contributed by atoms with Gasteiger partial charge in [0.1, 0.15) is 24.6 Å². The Bertz CT molecular complexity index is 895. The van der Waals surface area contributed by atoms with E-state index in [9.17, 15) is 22.7 Å². The second-order valence-electron chi connectivity index (χ2n) is 4.91. The molecule has 0 aromatic heterocycles. The van der Waals surface area contributed by atoms with Crippen LogP contribution >= 0.6 is 0 Å². The van der Waals surface area contributed by atoms with E-state index in [0.29, 0.717) is 0 Å². The smallest absolute Gasteiger partial charge is 0.339 e. The van der Waals surface area contributed by atoms with Gasteiger partial charge in [0.05, 0.1) is 4.90 Å². The van der Waals surface area contributed by atoms with Crippen molar-refractivity contribution >= 4 is 21.7 Å². The van der Waals surface area contributed by atoms with Crippen LogP contribution in [0, 0.1) is 5.82 Å². The maximum Gasteiger partial charge on any atom is 0.339 e. The standard InChI is InChI=1S/C15H12FNO6S/c16-9-1-3-10(4-2-9)17-24(20,21)11-7-12(15(18)19)14-13(8-11)22-5-6-23-14/h1-4,7-8,17H,5-6H2,(H,18,19). The molecule has 0 spiro atoms. The number of nitrogens with one attached hydrogen (secondary N) is 1. The van der Waals surface area contributed by atoms with Gasteiger partial charge in [-0.25, -0.2) is 17.6 Å². The summed E-state index contributed by atoms with van der Waals surface area (Å²) in [6.45, 7) is 0.355. The van der Waals surface area contributed by atoms with E-state index in [2.05, 4.69) is 4.72 Å². The van der Waals surface area contributed by atoms with Gasteiger partial charge in [-0.2, -0.15) is 0 Å². The van der Waals surface area contributed by atoms with Gasteiger partial charge in [0.25, 0.3) is 10.0 Å². The molecule has 1 heterocycles. The van der Waals surface area contributed by atoms with Gasteiger partial charge < -0.3 is 14.6 Å². The van der Waals surface area contributed by atoms with Gasteiger partial charge in [-0.1, -0.05) is 0 Å². The van der Waals surface area contributed by atoms with Gasteiger partial charge in [-0.05, 0) is 30.3 Å². The van der Waals surface area contributed by atoms with Gasteiger partial charge in [-0.3, -0.25) is 4.72 Å². The number of hydrogen-bond donors (Lipinski definition) is 2. The van der Waals surface area contributed by atoms with E-state index in [1.54, 1.807) is 0 Å². The van der Waals surface area contributed by atoms with Gasteiger partial charge in [0, 0.05) is 11.8 Å². The number of anilines is 1. The molecule has 0 radical (unpaired) electrons. The van der Waals surface area contributed by atoms with E-state index in [1.807, 2.05) is 0 Å². The van der Waals surface area contributed by atoms with Crippen molar-refractivity contribution in [2.24, 2.45) is 0 Å². The van der Waals surface area contributed by atoms with Crippen molar-refractivity contribution in [3.05, 3.63) is 47.8 Å². The van der Waals surface area contributed by atoms with E-state index in [0.717, 1.165) is 18.2 Å². The van der Waals surface area contributed by atoms with Crippen molar-refractivity contribution in [2.75, 3.05) is 17.9 Å². The second kappa shape index (κ2) is 6.00. The van der Waals surface area contributed by atoms with E-state index in [1.165, 1.54) is 18.2 Å². The Kier molecular flexibility index (Phi) is 4.02. The summed E-state index contributed by atoms with van der Waals surface area (Å²) in [4.78, 5) is 11.1. The van der Waals surface area contributed by atoms with Crippen LogP contribution in [0.1, 0.15) is 10.4 Å². The molecule has 0 bridgehead atoms. The third-order valence-corrected chi connectivity index (χ3v) is 4.61. The zero-order valence-electron chi connectivity index (χ0n) is 12.2. The van der Waals surface area contributed by atoms with Crippen LogP contribution in [-0.2, 0) is 10.0 Å². The third-order valence-electron chi connectivity index (χ3n) is 3.25. The summed E-state index contributed by atoms with van der Waals surface area (Å²) in [5.74, 6) is -1.81. The highest BCUT2D eigenvalue weighted by molar-refractivity contribution is 7.92. The molecule has 0 aliphatic carbocycles. The number of ether oxygens (including phenoxy) is 2. The van der Waals surface area contributed by atoms with Crippen molar-refractivity contribution in [1.82, 2.24) is 0 Å². The number of hydrogen-bond acceptors (Lipinski definition) is 5. The fraction of sp³-hybridized carbons (Fsp3) is 0.133. The highest BCUT2D eigenvalue weighted by Crippen LogP contribution is 2.37. The van der Waals surface area contributed by atoms with Crippen LogP contribution in [0.5, 0.6) is 11.5 Å². The predicted molar refractivity (Wildman–Crippen MR) is 81.6 cm³/mol. The van der Waals surface area contributed by atoms with Crippen molar-refractivity contribution < 1.29 is 32.2 Å². The summed E-state index contributed by atoms with van der Waals surface area (Å²) >= 11 is 0. The molecular weight excluding hydrogens is 341 g/mol. The monoisotopic (exact) mass is 353 g/mol. The van der Waals surface area contributed by atoms with Gasteiger partial charge in [0.2, 0.25) is 0 Å². The van der Waals surface area contributed by atoms with Crippen LogP contribution < -0.4 is 14.2 Å². The molecule has 0 atom stereocenters. The Balaban J connectivity index is 2.02. The van der Waals surface area contributed by atoms with Crippen LogP contribution in [0.25, 0.3) is 0 Å². The lowest BCUT2D eigenvalue weighted by atomic mass is 10.2. The average Bonchev–Trinajstić information content (AvgIpc) is 2.55. The lowest BCUT2D eigenvalue weighted by molar-refractivity contribution is 0.0685. The predicted octanol–water partition coefficient (Wildman–Crippen LogP) is 2.10. The normalized spacial score (nSPS) is 13.4. The number of benzene rings is 2. The first-order chi connectivity index (χ1) is 11.4. The van der Waals surface area contributed by atoms with Crippen LogP contribution in [0.2, 0.25) is 0 Å². The molecular formula is C15H12FNO6S. The van der Waals surface area contributed by atoms with Gasteiger partial charge in [-0.15, -0.1) is 0 Å². The summed E-state index contributed by atoms with van der Waals surface area (Å²) in [5, 5.41) is 9.26. The first-order valence-corrected chi connectivity index (χ1v) is 8.30.